The van der Waals surface area contributed by atoms with Crippen LogP contribution in [0.15, 0.2) is 56.0 Å². The van der Waals surface area contributed by atoms with Crippen molar-refractivity contribution >= 4 is 55.2 Å². The van der Waals surface area contributed by atoms with Crippen molar-refractivity contribution in [2.75, 3.05) is 5.01 Å². The summed E-state index contributed by atoms with van der Waals surface area (Å²) >= 11 is 6.68. The first-order valence-electron chi connectivity index (χ1n) is 9.99. The standard InChI is InChI=1S/C24H12Br2F6N2O2/c1-10-13(24(35)34(33-10)22-20(31)18(29)17(28)19(30)21(22)32)6-11-7-14(25)23(15(26)8-11)36-9-12-4-2-3-5-16(12)27/h2-8H,9H2,1H3/b13-6+. The molecule has 0 saturated heterocycles. The molecule has 0 atom stereocenters. The van der Waals surface area contributed by atoms with Crippen LogP contribution in [0, 0.1) is 34.9 Å². The van der Waals surface area contributed by atoms with Crippen LogP contribution in [0.2, 0.25) is 0 Å². The Bertz CT molecular complexity index is 1420. The van der Waals surface area contributed by atoms with E-state index in [-0.39, 0.29) is 22.9 Å². The topological polar surface area (TPSA) is 41.9 Å². The molecule has 0 bridgehead atoms. The van der Waals surface area contributed by atoms with E-state index in [1.165, 1.54) is 19.1 Å². The van der Waals surface area contributed by atoms with E-state index in [1.807, 2.05) is 0 Å². The number of anilines is 1. The van der Waals surface area contributed by atoms with Crippen LogP contribution in [0.3, 0.4) is 0 Å². The fraction of sp³-hybridized carbons (Fsp3) is 0.0833. The molecule has 4 rings (SSSR count). The molecular formula is C24H12Br2F6N2O2. The van der Waals surface area contributed by atoms with Crippen LogP contribution in [0.1, 0.15) is 18.1 Å². The lowest BCUT2D eigenvalue weighted by atomic mass is 10.1. The molecule has 36 heavy (non-hydrogen) atoms. The van der Waals surface area contributed by atoms with Gasteiger partial charge in [0.15, 0.2) is 23.3 Å². The van der Waals surface area contributed by atoms with Gasteiger partial charge in [-0.15, -0.1) is 0 Å². The Morgan fingerprint density at radius 1 is 0.917 bits per heavy atom. The maximum Gasteiger partial charge on any atom is 0.280 e. The summed E-state index contributed by atoms with van der Waals surface area (Å²) < 4.78 is 89.5. The molecule has 1 amide bonds. The molecule has 186 valence electrons. The van der Waals surface area contributed by atoms with Gasteiger partial charge >= 0.3 is 0 Å². The van der Waals surface area contributed by atoms with Crippen molar-refractivity contribution in [3.8, 4) is 5.75 Å². The van der Waals surface area contributed by atoms with E-state index < -0.39 is 46.5 Å². The van der Waals surface area contributed by atoms with Gasteiger partial charge in [-0.2, -0.15) is 10.1 Å². The van der Waals surface area contributed by atoms with Crippen molar-refractivity contribution in [2.45, 2.75) is 13.5 Å². The highest BCUT2D eigenvalue weighted by Gasteiger charge is 2.37. The molecule has 0 unspecified atom stereocenters. The monoisotopic (exact) mass is 632 g/mol. The van der Waals surface area contributed by atoms with Gasteiger partial charge < -0.3 is 4.74 Å². The number of hydrogen-bond acceptors (Lipinski definition) is 3. The third kappa shape index (κ3) is 4.66. The van der Waals surface area contributed by atoms with E-state index in [1.54, 1.807) is 30.3 Å². The van der Waals surface area contributed by atoms with Gasteiger partial charge in [0.1, 0.15) is 23.9 Å². The number of nitrogens with zero attached hydrogens (tertiary/aromatic N) is 2. The summed E-state index contributed by atoms with van der Waals surface area (Å²) in [6.45, 7) is 1.27. The highest BCUT2D eigenvalue weighted by molar-refractivity contribution is 9.11. The molecule has 0 saturated carbocycles. The van der Waals surface area contributed by atoms with Crippen LogP contribution in [0.4, 0.5) is 32.0 Å². The quantitative estimate of drug-likeness (QED) is 0.127. The van der Waals surface area contributed by atoms with E-state index in [4.69, 9.17) is 4.74 Å². The van der Waals surface area contributed by atoms with Crippen molar-refractivity contribution in [2.24, 2.45) is 5.10 Å². The second-order valence-electron chi connectivity index (χ2n) is 7.47. The minimum Gasteiger partial charge on any atom is -0.486 e. The second-order valence-corrected chi connectivity index (χ2v) is 9.18. The fourth-order valence-corrected chi connectivity index (χ4v) is 4.80. The molecule has 0 fully saturated rings. The number of halogens is 8. The van der Waals surface area contributed by atoms with Crippen LogP contribution in [-0.2, 0) is 11.4 Å². The largest absolute Gasteiger partial charge is 0.486 e. The normalized spacial score (nSPS) is 14.6. The lowest BCUT2D eigenvalue weighted by Crippen LogP contribution is -2.25. The molecule has 4 nitrogen and oxygen atoms in total. The minimum atomic E-state index is -2.34. The SMILES string of the molecule is CC1=NN(c2c(F)c(F)c(F)c(F)c2F)C(=O)/C1=C/c1cc(Br)c(OCc2ccccc2F)c(Br)c1. The van der Waals surface area contributed by atoms with Gasteiger partial charge in [0.05, 0.1) is 20.2 Å². The lowest BCUT2D eigenvalue weighted by Gasteiger charge is -2.15. The van der Waals surface area contributed by atoms with Crippen LogP contribution in [0.5, 0.6) is 5.75 Å². The zero-order chi connectivity index (χ0) is 26.3. The summed E-state index contributed by atoms with van der Waals surface area (Å²) in [5.41, 5.74) is -0.893. The van der Waals surface area contributed by atoms with Crippen molar-refractivity contribution < 1.29 is 35.9 Å². The minimum absolute atomic E-state index is 0.0175. The first-order valence-corrected chi connectivity index (χ1v) is 11.6. The van der Waals surface area contributed by atoms with E-state index >= 15 is 0 Å². The summed E-state index contributed by atoms with van der Waals surface area (Å²) in [5.74, 6) is -12.3. The Kier molecular flexibility index (Phi) is 7.28. The fourth-order valence-electron chi connectivity index (χ4n) is 3.35. The van der Waals surface area contributed by atoms with Gasteiger partial charge in [-0.05, 0) is 68.6 Å². The third-order valence-electron chi connectivity index (χ3n) is 5.12. The van der Waals surface area contributed by atoms with Crippen molar-refractivity contribution in [1.29, 1.82) is 0 Å². The second kappa shape index (κ2) is 10.1. The summed E-state index contributed by atoms with van der Waals surface area (Å²) in [4.78, 5) is 12.8. The van der Waals surface area contributed by atoms with Gasteiger partial charge in [0.25, 0.3) is 5.91 Å². The van der Waals surface area contributed by atoms with Gasteiger partial charge in [-0.25, -0.2) is 26.3 Å². The molecule has 0 N–H and O–H groups in total. The number of benzene rings is 3. The molecule has 3 aromatic rings. The van der Waals surface area contributed by atoms with Gasteiger partial charge in [-0.3, -0.25) is 4.79 Å². The molecule has 0 radical (unpaired) electrons. The molecule has 0 aromatic heterocycles. The number of ether oxygens (including phenoxy) is 1. The number of hydrogen-bond donors (Lipinski definition) is 0. The highest BCUT2D eigenvalue weighted by Crippen LogP contribution is 2.37. The van der Waals surface area contributed by atoms with Crippen molar-refractivity contribution in [3.63, 3.8) is 0 Å². The smallest absolute Gasteiger partial charge is 0.280 e. The summed E-state index contributed by atoms with van der Waals surface area (Å²) in [6.07, 6.45) is 1.32. The first kappa shape index (κ1) is 26.0. The molecule has 1 aliphatic heterocycles. The number of carbonyl (C=O) groups is 1. The van der Waals surface area contributed by atoms with Gasteiger partial charge in [-0.1, -0.05) is 18.2 Å². The molecule has 0 aliphatic carbocycles. The van der Waals surface area contributed by atoms with Crippen LogP contribution < -0.4 is 9.75 Å². The molecular weight excluding hydrogens is 622 g/mol. The van der Waals surface area contributed by atoms with Crippen molar-refractivity contribution in [3.05, 3.63) is 96.9 Å². The predicted molar refractivity (Wildman–Crippen MR) is 127 cm³/mol. The van der Waals surface area contributed by atoms with Crippen LogP contribution in [-0.4, -0.2) is 11.6 Å². The maximum atomic E-state index is 14.2. The zero-order valence-electron chi connectivity index (χ0n) is 18.0. The molecule has 3 aromatic carbocycles. The number of rotatable bonds is 5. The van der Waals surface area contributed by atoms with Crippen LogP contribution in [0.25, 0.3) is 6.08 Å². The summed E-state index contributed by atoms with van der Waals surface area (Å²) in [6, 6.07) is 9.19. The van der Waals surface area contributed by atoms with Crippen LogP contribution >= 0.6 is 31.9 Å². The summed E-state index contributed by atoms with van der Waals surface area (Å²) in [7, 11) is 0. The van der Waals surface area contributed by atoms with E-state index in [2.05, 4.69) is 37.0 Å². The Morgan fingerprint density at radius 2 is 1.47 bits per heavy atom. The number of carbonyl (C=O) groups excluding carboxylic acids is 1. The Morgan fingerprint density at radius 3 is 2.06 bits per heavy atom. The Balaban J connectivity index is 1.64. The first-order chi connectivity index (χ1) is 17.0. The van der Waals surface area contributed by atoms with E-state index in [0.29, 0.717) is 25.8 Å². The summed E-state index contributed by atoms with van der Waals surface area (Å²) in [5, 5.41) is 3.83. The molecule has 12 heteroatoms. The number of amides is 1. The van der Waals surface area contributed by atoms with E-state index in [9.17, 15) is 31.1 Å². The Labute approximate surface area is 217 Å². The average molecular weight is 634 g/mol. The molecule has 0 spiro atoms. The molecule has 1 aliphatic rings. The number of hydrazone groups is 1. The van der Waals surface area contributed by atoms with Crippen molar-refractivity contribution in [1.82, 2.24) is 0 Å². The average Bonchev–Trinajstić information content (AvgIpc) is 3.10. The maximum absolute atomic E-state index is 14.2. The predicted octanol–water partition coefficient (Wildman–Crippen LogP) is 7.43. The molecule has 1 heterocycles. The zero-order valence-corrected chi connectivity index (χ0v) is 21.2. The highest BCUT2D eigenvalue weighted by atomic mass is 79.9. The lowest BCUT2D eigenvalue weighted by molar-refractivity contribution is -0.114. The third-order valence-corrected chi connectivity index (χ3v) is 6.30. The van der Waals surface area contributed by atoms with Gasteiger partial charge in [0.2, 0.25) is 5.82 Å². The van der Waals surface area contributed by atoms with Gasteiger partial charge in [0, 0.05) is 5.56 Å². The van der Waals surface area contributed by atoms with E-state index in [0.717, 1.165) is 0 Å². The Hall–Kier alpha value is -3.12.